The minimum absolute atomic E-state index is 0.0724. The Bertz CT molecular complexity index is 959. The van der Waals surface area contributed by atoms with Gasteiger partial charge in [0.1, 0.15) is 0 Å². The first-order valence-corrected chi connectivity index (χ1v) is 8.34. The van der Waals surface area contributed by atoms with Crippen molar-refractivity contribution in [3.63, 3.8) is 0 Å². The second kappa shape index (κ2) is 6.15. The van der Waals surface area contributed by atoms with Gasteiger partial charge in [0.25, 0.3) is 0 Å². The van der Waals surface area contributed by atoms with Crippen LogP contribution in [0.1, 0.15) is 37.8 Å². The van der Waals surface area contributed by atoms with Crippen LogP contribution in [0, 0.1) is 13.8 Å². The maximum Gasteiger partial charge on any atom is 0.437 e. The molecule has 0 aliphatic rings. The van der Waals surface area contributed by atoms with Crippen LogP contribution in [0.5, 0.6) is 0 Å². The van der Waals surface area contributed by atoms with Crippen LogP contribution in [0.15, 0.2) is 27.7 Å². The highest BCUT2D eigenvalue weighted by Crippen LogP contribution is 2.20. The Morgan fingerprint density at radius 2 is 1.88 bits per heavy atom. The van der Waals surface area contributed by atoms with Crippen molar-refractivity contribution in [1.29, 1.82) is 0 Å². The number of nitrogens with zero attached hydrogens (tertiary/aromatic N) is 4. The van der Waals surface area contributed by atoms with Gasteiger partial charge in [-0.2, -0.15) is 4.68 Å². The lowest BCUT2D eigenvalue weighted by Crippen LogP contribution is -2.28. The zero-order valence-electron chi connectivity index (χ0n) is 15.3. The molecule has 2 heterocycles. The molecule has 1 unspecified atom stereocenters. The predicted octanol–water partition coefficient (Wildman–Crippen LogP) is 2.16. The number of benzene rings is 1. The normalized spacial score (nSPS) is 13.5. The van der Waals surface area contributed by atoms with Crippen LogP contribution in [0.4, 0.5) is 0 Å². The molecular formula is C18H24N4O3. The van der Waals surface area contributed by atoms with Crippen molar-refractivity contribution in [1.82, 2.24) is 19.3 Å². The van der Waals surface area contributed by atoms with Gasteiger partial charge in [0.15, 0.2) is 0 Å². The van der Waals surface area contributed by atoms with Gasteiger partial charge in [0.05, 0.1) is 36.6 Å². The molecular weight excluding hydrogens is 320 g/mol. The van der Waals surface area contributed by atoms with Crippen molar-refractivity contribution in [2.45, 2.75) is 59.2 Å². The van der Waals surface area contributed by atoms with E-state index in [4.69, 9.17) is 4.42 Å². The van der Waals surface area contributed by atoms with Gasteiger partial charge in [0.2, 0.25) is 5.89 Å². The van der Waals surface area contributed by atoms with E-state index in [0.29, 0.717) is 12.4 Å². The number of imidazole rings is 1. The van der Waals surface area contributed by atoms with Gasteiger partial charge >= 0.3 is 5.76 Å². The lowest BCUT2D eigenvalue weighted by atomic mass is 9.97. The van der Waals surface area contributed by atoms with Crippen molar-refractivity contribution < 1.29 is 9.52 Å². The van der Waals surface area contributed by atoms with Gasteiger partial charge in [-0.05, 0) is 37.1 Å². The van der Waals surface area contributed by atoms with E-state index >= 15 is 0 Å². The Hall–Kier alpha value is -2.41. The molecule has 0 saturated heterocycles. The van der Waals surface area contributed by atoms with E-state index in [1.54, 1.807) is 6.33 Å². The number of aryl methyl sites for hydroxylation is 2. The minimum atomic E-state index is -0.783. The predicted molar refractivity (Wildman–Crippen MR) is 94.7 cm³/mol. The smallest absolute Gasteiger partial charge is 0.392 e. The minimum Gasteiger partial charge on any atom is -0.392 e. The zero-order chi connectivity index (χ0) is 18.4. The molecule has 0 spiro atoms. The molecule has 25 heavy (non-hydrogen) atoms. The summed E-state index contributed by atoms with van der Waals surface area (Å²) < 4.78 is 8.25. The van der Waals surface area contributed by atoms with Gasteiger partial charge < -0.3 is 14.1 Å². The van der Waals surface area contributed by atoms with Crippen molar-refractivity contribution in [3.8, 4) is 0 Å². The highest BCUT2D eigenvalue weighted by molar-refractivity contribution is 5.77. The van der Waals surface area contributed by atoms with Gasteiger partial charge in [0, 0.05) is 5.41 Å². The first kappa shape index (κ1) is 17.4. The van der Waals surface area contributed by atoms with Gasteiger partial charge in [-0.3, -0.25) is 0 Å². The molecule has 7 heteroatoms. The fourth-order valence-electron chi connectivity index (χ4n) is 2.67. The highest BCUT2D eigenvalue weighted by Gasteiger charge is 2.23. The largest absolute Gasteiger partial charge is 0.437 e. The van der Waals surface area contributed by atoms with E-state index in [1.165, 1.54) is 15.8 Å². The Balaban J connectivity index is 1.80. The third-order valence-corrected chi connectivity index (χ3v) is 4.28. The number of rotatable bonds is 4. The number of fused-ring (bicyclic) bond motifs is 1. The van der Waals surface area contributed by atoms with Crippen LogP contribution in [0.25, 0.3) is 11.0 Å². The number of aliphatic hydroxyl groups excluding tert-OH is 1. The third-order valence-electron chi connectivity index (χ3n) is 4.28. The molecule has 2 aromatic heterocycles. The molecule has 1 N–H and O–H groups in total. The van der Waals surface area contributed by atoms with Crippen molar-refractivity contribution in [2.75, 3.05) is 0 Å². The Morgan fingerprint density at radius 3 is 2.52 bits per heavy atom. The summed E-state index contributed by atoms with van der Waals surface area (Å²) >= 11 is 0. The summed E-state index contributed by atoms with van der Waals surface area (Å²) in [6, 6.07) is 4.09. The van der Waals surface area contributed by atoms with E-state index in [2.05, 4.69) is 16.1 Å². The average Bonchev–Trinajstić information content (AvgIpc) is 3.04. The molecule has 0 aliphatic heterocycles. The van der Waals surface area contributed by atoms with Gasteiger partial charge in [-0.15, -0.1) is 5.10 Å². The molecule has 3 aromatic rings. The summed E-state index contributed by atoms with van der Waals surface area (Å²) in [7, 11) is 0. The van der Waals surface area contributed by atoms with E-state index in [0.717, 1.165) is 11.0 Å². The Morgan fingerprint density at radius 1 is 1.20 bits per heavy atom. The van der Waals surface area contributed by atoms with Gasteiger partial charge in [-0.25, -0.2) is 9.78 Å². The second-order valence-corrected chi connectivity index (χ2v) is 7.58. The monoisotopic (exact) mass is 344 g/mol. The molecule has 0 amide bonds. The average molecular weight is 344 g/mol. The molecule has 134 valence electrons. The highest BCUT2D eigenvalue weighted by atomic mass is 16.4. The number of aliphatic hydroxyl groups is 1. The van der Waals surface area contributed by atoms with E-state index < -0.39 is 11.9 Å². The molecule has 0 bridgehead atoms. The maximum absolute atomic E-state index is 11.9. The SMILES string of the molecule is Cc1cc2ncn(CC(O)Cn3nc(C(C)(C)C)oc3=O)c2cc1C. The molecule has 1 aromatic carbocycles. The standard InChI is InChI=1S/C18H24N4O3/c1-11-6-14-15(7-12(11)2)21(10-19-14)8-13(23)9-22-17(24)25-16(20-22)18(3,4)5/h6-7,10,13,23H,8-9H2,1-5H3. The quantitative estimate of drug-likeness (QED) is 0.784. The number of hydrogen-bond donors (Lipinski definition) is 1. The van der Waals surface area contributed by atoms with Crippen molar-refractivity contribution >= 4 is 11.0 Å². The zero-order valence-corrected chi connectivity index (χ0v) is 15.3. The molecule has 0 fully saturated rings. The fraction of sp³-hybridized carbons (Fsp3) is 0.500. The summed E-state index contributed by atoms with van der Waals surface area (Å²) in [6.45, 7) is 10.2. The molecule has 3 rings (SSSR count). The van der Waals surface area contributed by atoms with Gasteiger partial charge in [-0.1, -0.05) is 20.8 Å². The van der Waals surface area contributed by atoms with E-state index in [9.17, 15) is 9.90 Å². The molecule has 7 nitrogen and oxygen atoms in total. The Labute approximate surface area is 145 Å². The van der Waals surface area contributed by atoms with Crippen LogP contribution >= 0.6 is 0 Å². The first-order valence-electron chi connectivity index (χ1n) is 8.34. The summed E-state index contributed by atoms with van der Waals surface area (Å²) in [5.41, 5.74) is 3.85. The molecule has 1 atom stereocenters. The first-order chi connectivity index (χ1) is 11.6. The van der Waals surface area contributed by atoms with Crippen molar-refractivity contribution in [2.24, 2.45) is 0 Å². The van der Waals surface area contributed by atoms with E-state index in [-0.39, 0.29) is 12.0 Å². The molecule has 0 saturated carbocycles. The van der Waals surface area contributed by atoms with Crippen molar-refractivity contribution in [3.05, 3.63) is 46.0 Å². The van der Waals surface area contributed by atoms with Crippen LogP contribution in [0.2, 0.25) is 0 Å². The summed E-state index contributed by atoms with van der Waals surface area (Å²) in [5.74, 6) is -0.185. The summed E-state index contributed by atoms with van der Waals surface area (Å²) in [5, 5.41) is 14.6. The topological polar surface area (TPSA) is 86.1 Å². The lowest BCUT2D eigenvalue weighted by molar-refractivity contribution is 0.128. The Kier molecular flexibility index (Phi) is 4.28. The number of hydrogen-bond acceptors (Lipinski definition) is 5. The van der Waals surface area contributed by atoms with Crippen LogP contribution in [0.3, 0.4) is 0 Å². The second-order valence-electron chi connectivity index (χ2n) is 7.58. The fourth-order valence-corrected chi connectivity index (χ4v) is 2.67. The van der Waals surface area contributed by atoms with Crippen LogP contribution in [-0.2, 0) is 18.5 Å². The summed E-state index contributed by atoms with van der Waals surface area (Å²) in [4.78, 5) is 16.3. The molecule has 0 aliphatic carbocycles. The van der Waals surface area contributed by atoms with Crippen LogP contribution < -0.4 is 5.76 Å². The van der Waals surface area contributed by atoms with Crippen LogP contribution in [-0.4, -0.2) is 30.5 Å². The number of aromatic nitrogens is 4. The summed E-state index contributed by atoms with van der Waals surface area (Å²) in [6.07, 6.45) is 0.925. The van der Waals surface area contributed by atoms with E-state index in [1.807, 2.05) is 45.3 Å². The third kappa shape index (κ3) is 3.51. The maximum atomic E-state index is 11.9. The molecule has 0 radical (unpaired) electrons. The lowest BCUT2D eigenvalue weighted by Gasteiger charge is -2.13.